The Morgan fingerprint density at radius 2 is 1.92 bits per heavy atom. The largest absolute Gasteiger partial charge is 0.273 e. The lowest BCUT2D eigenvalue weighted by Gasteiger charge is -2.18. The van der Waals surface area contributed by atoms with E-state index in [1.54, 1.807) is 0 Å². The maximum absolute atomic E-state index is 4.08. The van der Waals surface area contributed by atoms with E-state index in [0.717, 1.165) is 5.60 Å². The van der Waals surface area contributed by atoms with Crippen LogP contribution in [0.15, 0.2) is 28.8 Å². The van der Waals surface area contributed by atoms with Gasteiger partial charge in [0.25, 0.3) is 0 Å². The SMILES string of the molecule is BC(=C)/N=C\C=C(/C)C(C)(C)C. The van der Waals surface area contributed by atoms with E-state index in [2.05, 4.69) is 39.3 Å². The van der Waals surface area contributed by atoms with Crippen molar-refractivity contribution in [1.82, 2.24) is 0 Å². The molecule has 0 saturated heterocycles. The maximum atomic E-state index is 4.08. The van der Waals surface area contributed by atoms with Crippen molar-refractivity contribution in [3.63, 3.8) is 0 Å². The second-order valence-corrected chi connectivity index (χ2v) is 4.11. The van der Waals surface area contributed by atoms with Gasteiger partial charge in [-0.25, -0.2) is 0 Å². The smallest absolute Gasteiger partial charge is 0.163 e. The highest BCUT2D eigenvalue weighted by Crippen LogP contribution is 2.23. The molecule has 0 saturated carbocycles. The Hall–Kier alpha value is -0.785. The summed E-state index contributed by atoms with van der Waals surface area (Å²) in [5.41, 5.74) is 2.40. The average molecular weight is 163 g/mol. The van der Waals surface area contributed by atoms with Crippen molar-refractivity contribution in [2.75, 3.05) is 0 Å². The van der Waals surface area contributed by atoms with Gasteiger partial charge in [-0.1, -0.05) is 32.9 Å². The van der Waals surface area contributed by atoms with Gasteiger partial charge >= 0.3 is 0 Å². The lowest BCUT2D eigenvalue weighted by atomic mass is 9.87. The molecule has 66 valence electrons. The van der Waals surface area contributed by atoms with Gasteiger partial charge in [-0.15, -0.1) is 0 Å². The minimum Gasteiger partial charge on any atom is -0.273 e. The van der Waals surface area contributed by atoms with Crippen LogP contribution in [0, 0.1) is 5.41 Å². The molecule has 1 nitrogen and oxygen atoms in total. The third-order valence-corrected chi connectivity index (χ3v) is 1.80. The summed E-state index contributed by atoms with van der Waals surface area (Å²) in [6, 6.07) is 0. The second kappa shape index (κ2) is 4.29. The van der Waals surface area contributed by atoms with Gasteiger partial charge in [0.2, 0.25) is 0 Å². The topological polar surface area (TPSA) is 12.4 Å². The van der Waals surface area contributed by atoms with E-state index in [-0.39, 0.29) is 5.41 Å². The van der Waals surface area contributed by atoms with E-state index < -0.39 is 0 Å². The van der Waals surface area contributed by atoms with Crippen LogP contribution in [0.1, 0.15) is 27.7 Å². The monoisotopic (exact) mass is 163 g/mol. The molecule has 0 aliphatic rings. The van der Waals surface area contributed by atoms with Crippen LogP contribution in [0.2, 0.25) is 0 Å². The molecule has 0 aliphatic heterocycles. The van der Waals surface area contributed by atoms with Crippen molar-refractivity contribution < 1.29 is 0 Å². The molecule has 0 aromatic rings. The van der Waals surface area contributed by atoms with Crippen LogP contribution in [-0.2, 0) is 0 Å². The lowest BCUT2D eigenvalue weighted by molar-refractivity contribution is 0.505. The highest BCUT2D eigenvalue weighted by Gasteiger charge is 2.10. The van der Waals surface area contributed by atoms with E-state index in [1.807, 2.05) is 20.1 Å². The molecular formula is C10H18BN. The quantitative estimate of drug-likeness (QED) is 0.437. The summed E-state index contributed by atoms with van der Waals surface area (Å²) in [6.07, 6.45) is 3.84. The first kappa shape index (κ1) is 11.2. The molecule has 0 heterocycles. The molecule has 0 unspecified atom stereocenters. The van der Waals surface area contributed by atoms with Crippen LogP contribution in [0.25, 0.3) is 0 Å². The van der Waals surface area contributed by atoms with Crippen molar-refractivity contribution >= 4 is 14.1 Å². The van der Waals surface area contributed by atoms with E-state index >= 15 is 0 Å². The Labute approximate surface area is 76.7 Å². The third kappa shape index (κ3) is 4.94. The van der Waals surface area contributed by atoms with Gasteiger partial charge < -0.3 is 0 Å². The molecule has 0 aromatic carbocycles. The van der Waals surface area contributed by atoms with Crippen molar-refractivity contribution in [3.8, 4) is 0 Å². The van der Waals surface area contributed by atoms with Gasteiger partial charge in [-0.3, -0.25) is 4.99 Å². The van der Waals surface area contributed by atoms with Crippen LogP contribution in [0.5, 0.6) is 0 Å². The number of rotatable bonds is 2. The van der Waals surface area contributed by atoms with E-state index in [4.69, 9.17) is 0 Å². The molecule has 0 aliphatic carbocycles. The molecule has 0 atom stereocenters. The number of nitrogens with zero attached hydrogens (tertiary/aromatic N) is 1. The van der Waals surface area contributed by atoms with Crippen molar-refractivity contribution in [2.24, 2.45) is 10.4 Å². The molecule has 0 bridgehead atoms. The summed E-state index contributed by atoms with van der Waals surface area (Å²) in [7, 11) is 1.89. The van der Waals surface area contributed by atoms with Gasteiger partial charge in [0.05, 0.1) is 0 Å². The first-order valence-corrected chi connectivity index (χ1v) is 4.21. The number of allylic oxidation sites excluding steroid dienone is 2. The highest BCUT2D eigenvalue weighted by atomic mass is 14.7. The summed E-state index contributed by atoms with van der Waals surface area (Å²) in [5, 5.41) is 0. The first-order chi connectivity index (χ1) is 5.34. The Morgan fingerprint density at radius 1 is 1.42 bits per heavy atom. The highest BCUT2D eigenvalue weighted by molar-refractivity contribution is 6.21. The number of aliphatic imine (C=N–C) groups is 1. The van der Waals surface area contributed by atoms with E-state index in [9.17, 15) is 0 Å². The lowest BCUT2D eigenvalue weighted by Crippen LogP contribution is -2.06. The molecule has 2 heteroatoms. The molecule has 0 fully saturated rings. The van der Waals surface area contributed by atoms with Gasteiger partial charge in [-0.05, 0) is 24.0 Å². The van der Waals surface area contributed by atoms with Crippen LogP contribution in [0.3, 0.4) is 0 Å². The van der Waals surface area contributed by atoms with Crippen LogP contribution in [-0.4, -0.2) is 14.1 Å². The predicted molar refractivity (Wildman–Crippen MR) is 59.4 cm³/mol. The number of hydrogen-bond donors (Lipinski definition) is 0. The summed E-state index contributed by atoms with van der Waals surface area (Å²) in [6.45, 7) is 12.4. The molecule has 0 aromatic heterocycles. The van der Waals surface area contributed by atoms with E-state index in [1.165, 1.54) is 5.57 Å². The normalized spacial score (nSPS) is 13.8. The molecule has 12 heavy (non-hydrogen) atoms. The Morgan fingerprint density at radius 3 is 2.25 bits per heavy atom. The molecular weight excluding hydrogens is 145 g/mol. The summed E-state index contributed by atoms with van der Waals surface area (Å²) in [4.78, 5) is 4.08. The van der Waals surface area contributed by atoms with Gasteiger partial charge in [0.15, 0.2) is 7.85 Å². The van der Waals surface area contributed by atoms with Gasteiger partial charge in [0, 0.05) is 6.21 Å². The summed E-state index contributed by atoms with van der Waals surface area (Å²) >= 11 is 0. The standard InChI is InChI=1S/C10H18BN/c1-8(10(3,4)5)6-7-12-9(2)11/h6-7H,2,11H2,1,3-5H3/b8-6+,12-7-. The molecule has 0 rings (SSSR count). The molecule has 0 radical (unpaired) electrons. The molecule has 0 spiro atoms. The predicted octanol–water partition coefficient (Wildman–Crippen LogP) is 2.15. The molecule has 0 amide bonds. The Balaban J connectivity index is 4.29. The molecule has 0 N–H and O–H groups in total. The minimum absolute atomic E-state index is 0.237. The fourth-order valence-corrected chi connectivity index (χ4v) is 0.526. The fraction of sp³-hybridized carbons (Fsp3) is 0.500. The van der Waals surface area contributed by atoms with Crippen molar-refractivity contribution in [2.45, 2.75) is 27.7 Å². The second-order valence-electron chi connectivity index (χ2n) is 4.11. The average Bonchev–Trinajstić information content (AvgIpc) is 1.84. The van der Waals surface area contributed by atoms with Crippen LogP contribution in [0.4, 0.5) is 0 Å². The van der Waals surface area contributed by atoms with Gasteiger partial charge in [0.1, 0.15) is 0 Å². The number of hydrogen-bond acceptors (Lipinski definition) is 1. The summed E-state index contributed by atoms with van der Waals surface area (Å²) < 4.78 is 0. The van der Waals surface area contributed by atoms with E-state index in [0.29, 0.717) is 0 Å². The summed E-state index contributed by atoms with van der Waals surface area (Å²) in [5.74, 6) is 0. The van der Waals surface area contributed by atoms with Crippen LogP contribution >= 0.6 is 0 Å². The maximum Gasteiger partial charge on any atom is 0.163 e. The zero-order valence-corrected chi connectivity index (χ0v) is 8.81. The Bertz CT molecular complexity index is 218. The third-order valence-electron chi connectivity index (χ3n) is 1.80. The minimum atomic E-state index is 0.237. The van der Waals surface area contributed by atoms with Crippen molar-refractivity contribution in [1.29, 1.82) is 0 Å². The first-order valence-electron chi connectivity index (χ1n) is 4.21. The van der Waals surface area contributed by atoms with Gasteiger partial charge in [-0.2, -0.15) is 0 Å². The fourth-order valence-electron chi connectivity index (χ4n) is 0.526. The zero-order chi connectivity index (χ0) is 9.78. The zero-order valence-electron chi connectivity index (χ0n) is 8.81. The van der Waals surface area contributed by atoms with Crippen molar-refractivity contribution in [3.05, 3.63) is 23.8 Å². The Kier molecular flexibility index (Phi) is 4.01. The van der Waals surface area contributed by atoms with Crippen LogP contribution < -0.4 is 0 Å².